The van der Waals surface area contributed by atoms with Gasteiger partial charge in [-0.1, -0.05) is 56.0 Å². The summed E-state index contributed by atoms with van der Waals surface area (Å²) >= 11 is 1.92. The Kier molecular flexibility index (Phi) is 7.91. The molecule has 0 aliphatic rings. The molecule has 0 saturated heterocycles. The van der Waals surface area contributed by atoms with E-state index >= 15 is 0 Å². The summed E-state index contributed by atoms with van der Waals surface area (Å²) in [5.74, 6) is 1.10. The van der Waals surface area contributed by atoms with Crippen molar-refractivity contribution in [1.82, 2.24) is 0 Å². The minimum Gasteiger partial charge on any atom is -0.122 e. The minimum absolute atomic E-state index is 1.10. The molecular weight excluding hydrogens is 224 g/mol. The lowest BCUT2D eigenvalue weighted by Gasteiger charge is -2.02. The normalized spacial score (nSPS) is 11.8. The van der Waals surface area contributed by atoms with E-state index in [2.05, 4.69) is 50.3 Å². The third-order valence-electron chi connectivity index (χ3n) is 2.85. The zero-order valence-corrected chi connectivity index (χ0v) is 11.9. The summed E-state index contributed by atoms with van der Waals surface area (Å²) in [6.45, 7) is 4.52. The molecule has 0 N–H and O–H groups in total. The minimum atomic E-state index is 1.10. The van der Waals surface area contributed by atoms with Crippen LogP contribution in [0.15, 0.2) is 46.9 Å². The van der Waals surface area contributed by atoms with Crippen LogP contribution in [0.3, 0.4) is 0 Å². The average molecular weight is 248 g/mol. The third kappa shape index (κ3) is 7.27. The van der Waals surface area contributed by atoms with E-state index in [1.165, 1.54) is 37.0 Å². The second kappa shape index (κ2) is 9.35. The monoisotopic (exact) mass is 248 g/mol. The molecule has 0 amide bonds. The van der Waals surface area contributed by atoms with Gasteiger partial charge in [0.05, 0.1) is 0 Å². The first-order valence-corrected chi connectivity index (χ1v) is 7.65. The number of thioether (sulfide) groups is 1. The molecule has 1 rings (SSSR count). The van der Waals surface area contributed by atoms with Gasteiger partial charge in [-0.25, -0.2) is 0 Å². The molecule has 0 unspecified atom stereocenters. The first-order chi connectivity index (χ1) is 8.33. The average Bonchev–Trinajstić information content (AvgIpc) is 2.36. The Labute approximate surface area is 111 Å². The Hall–Kier alpha value is -0.690. The number of allylic oxidation sites excluding steroid dienone is 1. The molecule has 94 valence electrons. The van der Waals surface area contributed by atoms with Crippen LogP contribution in [-0.2, 0) is 0 Å². The summed E-state index contributed by atoms with van der Waals surface area (Å²) in [4.78, 5) is 1.36. The van der Waals surface area contributed by atoms with Crippen molar-refractivity contribution in [3.63, 3.8) is 0 Å². The van der Waals surface area contributed by atoms with Gasteiger partial charge in [-0.3, -0.25) is 0 Å². The van der Waals surface area contributed by atoms with Crippen LogP contribution >= 0.6 is 11.8 Å². The highest BCUT2D eigenvalue weighted by atomic mass is 32.2. The van der Waals surface area contributed by atoms with E-state index in [4.69, 9.17) is 0 Å². The van der Waals surface area contributed by atoms with E-state index in [0.29, 0.717) is 0 Å². The quantitative estimate of drug-likeness (QED) is 0.323. The van der Waals surface area contributed by atoms with Crippen LogP contribution in [0.4, 0.5) is 0 Å². The van der Waals surface area contributed by atoms with Crippen LogP contribution in [-0.4, -0.2) is 5.75 Å². The van der Waals surface area contributed by atoms with Gasteiger partial charge in [0.25, 0.3) is 0 Å². The second-order valence-electron chi connectivity index (χ2n) is 4.49. The van der Waals surface area contributed by atoms with E-state index in [0.717, 1.165) is 5.75 Å². The number of hydrogen-bond donors (Lipinski definition) is 0. The number of benzene rings is 1. The van der Waals surface area contributed by atoms with Crippen LogP contribution in [0, 0.1) is 0 Å². The molecule has 0 aliphatic carbocycles. The maximum absolute atomic E-state index is 2.38. The highest BCUT2D eigenvalue weighted by Crippen LogP contribution is 2.18. The second-order valence-corrected chi connectivity index (χ2v) is 5.58. The SMILES string of the molecule is CCCCCC/C(C)=C/CSc1ccccc1. The number of hydrogen-bond acceptors (Lipinski definition) is 1. The Balaban J connectivity index is 2.15. The molecule has 0 aromatic heterocycles. The van der Waals surface area contributed by atoms with E-state index in [1.807, 2.05) is 11.8 Å². The molecule has 0 saturated carbocycles. The van der Waals surface area contributed by atoms with E-state index in [1.54, 1.807) is 5.57 Å². The van der Waals surface area contributed by atoms with Gasteiger partial charge in [0.1, 0.15) is 0 Å². The smallest absolute Gasteiger partial charge is 0.0163 e. The molecule has 1 aromatic rings. The van der Waals surface area contributed by atoms with Crippen molar-refractivity contribution in [3.05, 3.63) is 42.0 Å². The van der Waals surface area contributed by atoms with Gasteiger partial charge in [-0.2, -0.15) is 0 Å². The maximum Gasteiger partial charge on any atom is 0.0163 e. The molecule has 0 atom stereocenters. The van der Waals surface area contributed by atoms with Gasteiger partial charge in [0, 0.05) is 10.6 Å². The van der Waals surface area contributed by atoms with Crippen molar-refractivity contribution < 1.29 is 0 Å². The molecule has 1 aromatic carbocycles. The van der Waals surface area contributed by atoms with Crippen molar-refractivity contribution in [3.8, 4) is 0 Å². The van der Waals surface area contributed by atoms with Gasteiger partial charge in [0.2, 0.25) is 0 Å². The van der Waals surface area contributed by atoms with Crippen LogP contribution in [0.25, 0.3) is 0 Å². The number of rotatable bonds is 8. The first-order valence-electron chi connectivity index (χ1n) is 6.66. The molecular formula is C16H24S. The van der Waals surface area contributed by atoms with Crippen LogP contribution in [0.5, 0.6) is 0 Å². The molecule has 0 bridgehead atoms. The molecule has 1 heteroatoms. The largest absolute Gasteiger partial charge is 0.122 e. The van der Waals surface area contributed by atoms with Crippen molar-refractivity contribution >= 4 is 11.8 Å². The van der Waals surface area contributed by atoms with Crippen molar-refractivity contribution in [2.45, 2.75) is 50.8 Å². The van der Waals surface area contributed by atoms with Crippen LogP contribution < -0.4 is 0 Å². The van der Waals surface area contributed by atoms with Crippen molar-refractivity contribution in [2.24, 2.45) is 0 Å². The Bertz CT molecular complexity index is 314. The number of unbranched alkanes of at least 4 members (excludes halogenated alkanes) is 3. The van der Waals surface area contributed by atoms with E-state index in [-0.39, 0.29) is 0 Å². The summed E-state index contributed by atoms with van der Waals surface area (Å²) < 4.78 is 0. The fraction of sp³-hybridized carbons (Fsp3) is 0.500. The highest BCUT2D eigenvalue weighted by Gasteiger charge is 1.93. The Morgan fingerprint density at radius 3 is 2.59 bits per heavy atom. The predicted molar refractivity (Wildman–Crippen MR) is 79.7 cm³/mol. The first kappa shape index (κ1) is 14.4. The van der Waals surface area contributed by atoms with Crippen LogP contribution in [0.1, 0.15) is 46.0 Å². The van der Waals surface area contributed by atoms with Crippen LogP contribution in [0.2, 0.25) is 0 Å². The molecule has 0 spiro atoms. The fourth-order valence-corrected chi connectivity index (χ4v) is 2.64. The zero-order valence-electron chi connectivity index (χ0n) is 11.1. The molecule has 0 fully saturated rings. The highest BCUT2D eigenvalue weighted by molar-refractivity contribution is 7.99. The van der Waals surface area contributed by atoms with Gasteiger partial charge in [0.15, 0.2) is 0 Å². The Morgan fingerprint density at radius 1 is 1.12 bits per heavy atom. The zero-order chi connectivity index (χ0) is 12.3. The van der Waals surface area contributed by atoms with Gasteiger partial charge >= 0.3 is 0 Å². The van der Waals surface area contributed by atoms with Gasteiger partial charge in [-0.15, -0.1) is 11.8 Å². The third-order valence-corrected chi connectivity index (χ3v) is 3.79. The molecule has 0 heterocycles. The van der Waals surface area contributed by atoms with Crippen molar-refractivity contribution in [2.75, 3.05) is 5.75 Å². The molecule has 0 aliphatic heterocycles. The molecule has 0 radical (unpaired) electrons. The standard InChI is InChI=1S/C16H24S/c1-3-4-5-7-10-15(2)13-14-17-16-11-8-6-9-12-16/h6,8-9,11-13H,3-5,7,10,14H2,1-2H3/b15-13+. The lowest BCUT2D eigenvalue weighted by molar-refractivity contribution is 0.664. The fourth-order valence-electron chi connectivity index (χ4n) is 1.73. The topological polar surface area (TPSA) is 0 Å². The lowest BCUT2D eigenvalue weighted by atomic mass is 10.1. The Morgan fingerprint density at radius 2 is 1.88 bits per heavy atom. The van der Waals surface area contributed by atoms with E-state index < -0.39 is 0 Å². The molecule has 17 heavy (non-hydrogen) atoms. The summed E-state index contributed by atoms with van der Waals surface area (Å²) in [5.41, 5.74) is 1.55. The van der Waals surface area contributed by atoms with Gasteiger partial charge < -0.3 is 0 Å². The van der Waals surface area contributed by atoms with Crippen molar-refractivity contribution in [1.29, 1.82) is 0 Å². The predicted octanol–water partition coefficient (Wildman–Crippen LogP) is 5.70. The van der Waals surface area contributed by atoms with Gasteiger partial charge in [-0.05, 0) is 31.9 Å². The van der Waals surface area contributed by atoms with E-state index in [9.17, 15) is 0 Å². The summed E-state index contributed by atoms with van der Waals surface area (Å²) in [6, 6.07) is 10.6. The maximum atomic E-state index is 2.38. The lowest BCUT2D eigenvalue weighted by Crippen LogP contribution is -1.82. The summed E-state index contributed by atoms with van der Waals surface area (Å²) in [6.07, 6.45) is 9.09. The summed E-state index contributed by atoms with van der Waals surface area (Å²) in [5, 5.41) is 0. The summed E-state index contributed by atoms with van der Waals surface area (Å²) in [7, 11) is 0. The molecule has 0 nitrogen and oxygen atoms in total.